The SMILES string of the molecule is CC(NCc1ccccc1Cn1cccn1)C(=O)Nc1ccc2[nH]c(=O)[nH]c2c1. The summed E-state index contributed by atoms with van der Waals surface area (Å²) < 4.78 is 1.87. The van der Waals surface area contributed by atoms with Crippen molar-refractivity contribution >= 4 is 22.6 Å². The third kappa shape index (κ3) is 4.44. The molecule has 4 rings (SSSR count). The van der Waals surface area contributed by atoms with Gasteiger partial charge in [0.15, 0.2) is 0 Å². The van der Waals surface area contributed by atoms with Crippen LogP contribution >= 0.6 is 0 Å². The van der Waals surface area contributed by atoms with E-state index in [-0.39, 0.29) is 11.6 Å². The van der Waals surface area contributed by atoms with Gasteiger partial charge in [-0.25, -0.2) is 4.79 Å². The summed E-state index contributed by atoms with van der Waals surface area (Å²) in [7, 11) is 0. The van der Waals surface area contributed by atoms with E-state index in [0.717, 1.165) is 11.1 Å². The zero-order chi connectivity index (χ0) is 20.2. The summed E-state index contributed by atoms with van der Waals surface area (Å²) in [4.78, 5) is 29.3. The van der Waals surface area contributed by atoms with Crippen LogP contribution in [-0.2, 0) is 17.9 Å². The maximum atomic E-state index is 12.5. The molecule has 0 aliphatic rings. The van der Waals surface area contributed by atoms with Crippen molar-refractivity contribution in [3.63, 3.8) is 0 Å². The molecule has 2 aromatic carbocycles. The van der Waals surface area contributed by atoms with Gasteiger partial charge in [-0.3, -0.25) is 9.48 Å². The normalized spacial score (nSPS) is 12.2. The van der Waals surface area contributed by atoms with Gasteiger partial charge in [0, 0.05) is 24.6 Å². The number of amides is 1. The van der Waals surface area contributed by atoms with Gasteiger partial charge >= 0.3 is 5.69 Å². The Morgan fingerprint density at radius 3 is 2.69 bits per heavy atom. The summed E-state index contributed by atoms with van der Waals surface area (Å²) in [6, 6.07) is 14.9. The molecule has 8 nitrogen and oxygen atoms in total. The van der Waals surface area contributed by atoms with Crippen molar-refractivity contribution in [1.29, 1.82) is 0 Å². The highest BCUT2D eigenvalue weighted by Gasteiger charge is 2.14. The van der Waals surface area contributed by atoms with Crippen molar-refractivity contribution < 1.29 is 4.79 Å². The first-order valence-corrected chi connectivity index (χ1v) is 9.39. The molecule has 2 heterocycles. The second-order valence-corrected chi connectivity index (χ2v) is 6.90. The van der Waals surface area contributed by atoms with E-state index in [1.165, 1.54) is 0 Å². The van der Waals surface area contributed by atoms with Crippen LogP contribution in [0.15, 0.2) is 65.7 Å². The fourth-order valence-electron chi connectivity index (χ4n) is 3.17. The number of aromatic nitrogens is 4. The van der Waals surface area contributed by atoms with E-state index in [2.05, 4.69) is 31.8 Å². The Labute approximate surface area is 167 Å². The highest BCUT2D eigenvalue weighted by Crippen LogP contribution is 2.15. The Morgan fingerprint density at radius 1 is 1.10 bits per heavy atom. The lowest BCUT2D eigenvalue weighted by Crippen LogP contribution is -2.37. The van der Waals surface area contributed by atoms with Crippen molar-refractivity contribution in [2.24, 2.45) is 0 Å². The Balaban J connectivity index is 1.38. The fourth-order valence-corrected chi connectivity index (χ4v) is 3.17. The molecule has 1 amide bonds. The van der Waals surface area contributed by atoms with Gasteiger partial charge in [0.2, 0.25) is 5.91 Å². The summed E-state index contributed by atoms with van der Waals surface area (Å²) >= 11 is 0. The maximum absolute atomic E-state index is 12.5. The number of hydrogen-bond acceptors (Lipinski definition) is 4. The summed E-state index contributed by atoms with van der Waals surface area (Å²) in [6.45, 7) is 3.07. The number of aromatic amines is 2. The zero-order valence-electron chi connectivity index (χ0n) is 16.0. The molecule has 148 valence electrons. The molecule has 4 N–H and O–H groups in total. The Bertz CT molecular complexity index is 1180. The van der Waals surface area contributed by atoms with Crippen molar-refractivity contribution in [3.8, 4) is 0 Å². The Hall–Kier alpha value is -3.65. The van der Waals surface area contributed by atoms with Crippen LogP contribution < -0.4 is 16.3 Å². The van der Waals surface area contributed by atoms with E-state index >= 15 is 0 Å². The third-order valence-corrected chi connectivity index (χ3v) is 4.79. The standard InChI is InChI=1S/C21H22N6O2/c1-14(20(28)24-17-7-8-18-19(11-17)26-21(29)25-18)22-12-15-5-2-3-6-16(15)13-27-10-4-9-23-27/h2-11,14,22H,12-13H2,1H3,(H,24,28)(H2,25,26,29). The van der Waals surface area contributed by atoms with Crippen molar-refractivity contribution in [1.82, 2.24) is 25.1 Å². The Kier molecular flexibility index (Phi) is 5.26. The van der Waals surface area contributed by atoms with Gasteiger partial charge < -0.3 is 20.6 Å². The number of nitrogens with zero attached hydrogens (tertiary/aromatic N) is 2. The van der Waals surface area contributed by atoms with Gasteiger partial charge in [-0.1, -0.05) is 24.3 Å². The molecule has 0 aliphatic carbocycles. The number of imidazole rings is 1. The number of nitrogens with one attached hydrogen (secondary N) is 4. The first-order chi connectivity index (χ1) is 14.1. The lowest BCUT2D eigenvalue weighted by molar-refractivity contribution is -0.117. The highest BCUT2D eigenvalue weighted by atomic mass is 16.2. The molecule has 1 atom stereocenters. The molecule has 0 aliphatic heterocycles. The van der Waals surface area contributed by atoms with E-state index in [4.69, 9.17) is 0 Å². The largest absolute Gasteiger partial charge is 0.325 e. The highest BCUT2D eigenvalue weighted by molar-refractivity contribution is 5.96. The first kappa shape index (κ1) is 18.7. The molecule has 1 unspecified atom stereocenters. The monoisotopic (exact) mass is 390 g/mol. The van der Waals surface area contributed by atoms with E-state index in [1.807, 2.05) is 42.1 Å². The second kappa shape index (κ2) is 8.15. The van der Waals surface area contributed by atoms with Crippen molar-refractivity contribution in [2.45, 2.75) is 26.1 Å². The summed E-state index contributed by atoms with van der Waals surface area (Å²) in [5.41, 5.74) is 3.99. The molecule has 0 radical (unpaired) electrons. The quantitative estimate of drug-likeness (QED) is 0.388. The van der Waals surface area contributed by atoms with Gasteiger partial charge in [-0.2, -0.15) is 5.10 Å². The van der Waals surface area contributed by atoms with Crippen LogP contribution in [-0.4, -0.2) is 31.7 Å². The van der Waals surface area contributed by atoms with Crippen LogP contribution in [0.3, 0.4) is 0 Å². The summed E-state index contributed by atoms with van der Waals surface area (Å²) in [6.07, 6.45) is 3.68. The van der Waals surface area contributed by atoms with E-state index < -0.39 is 6.04 Å². The van der Waals surface area contributed by atoms with Gasteiger partial charge in [0.05, 0.1) is 23.6 Å². The molecule has 0 spiro atoms. The molecule has 0 saturated heterocycles. The first-order valence-electron chi connectivity index (χ1n) is 9.39. The maximum Gasteiger partial charge on any atom is 0.323 e. The van der Waals surface area contributed by atoms with Crippen LogP contribution in [0.4, 0.5) is 5.69 Å². The van der Waals surface area contributed by atoms with Crippen molar-refractivity contribution in [3.05, 3.63) is 82.5 Å². The van der Waals surface area contributed by atoms with E-state index in [9.17, 15) is 9.59 Å². The molecular formula is C21H22N6O2. The molecule has 29 heavy (non-hydrogen) atoms. The molecule has 0 saturated carbocycles. The van der Waals surface area contributed by atoms with Crippen LogP contribution in [0.5, 0.6) is 0 Å². The average Bonchev–Trinajstić information content (AvgIpc) is 3.35. The van der Waals surface area contributed by atoms with Crippen LogP contribution in [0.2, 0.25) is 0 Å². The second-order valence-electron chi connectivity index (χ2n) is 6.90. The predicted molar refractivity (Wildman–Crippen MR) is 112 cm³/mol. The van der Waals surface area contributed by atoms with E-state index in [0.29, 0.717) is 29.8 Å². The van der Waals surface area contributed by atoms with Gasteiger partial charge in [0.1, 0.15) is 0 Å². The molecule has 4 aromatic rings. The predicted octanol–water partition coefficient (Wildman–Crippen LogP) is 2.22. The fraction of sp³-hybridized carbons (Fsp3) is 0.190. The number of carbonyl (C=O) groups is 1. The molecule has 8 heteroatoms. The molecule has 2 aromatic heterocycles. The topological polar surface area (TPSA) is 108 Å². The lowest BCUT2D eigenvalue weighted by atomic mass is 10.1. The van der Waals surface area contributed by atoms with Crippen LogP contribution in [0.1, 0.15) is 18.1 Å². The third-order valence-electron chi connectivity index (χ3n) is 4.79. The van der Waals surface area contributed by atoms with Crippen molar-refractivity contribution in [2.75, 3.05) is 5.32 Å². The smallest absolute Gasteiger partial charge is 0.323 e. The number of hydrogen-bond donors (Lipinski definition) is 4. The summed E-state index contributed by atoms with van der Waals surface area (Å²) in [5.74, 6) is -0.146. The Morgan fingerprint density at radius 2 is 1.90 bits per heavy atom. The number of rotatable bonds is 7. The molecule has 0 bridgehead atoms. The van der Waals surface area contributed by atoms with E-state index in [1.54, 1.807) is 24.4 Å². The zero-order valence-corrected chi connectivity index (χ0v) is 16.0. The van der Waals surface area contributed by atoms with Crippen LogP contribution in [0.25, 0.3) is 11.0 Å². The van der Waals surface area contributed by atoms with Gasteiger partial charge in [-0.15, -0.1) is 0 Å². The number of carbonyl (C=O) groups excluding carboxylic acids is 1. The number of benzene rings is 2. The van der Waals surface area contributed by atoms with Gasteiger partial charge in [0.25, 0.3) is 0 Å². The molecule has 0 fully saturated rings. The minimum atomic E-state index is -0.395. The van der Waals surface area contributed by atoms with Crippen LogP contribution in [0, 0.1) is 0 Å². The lowest BCUT2D eigenvalue weighted by Gasteiger charge is -2.16. The van der Waals surface area contributed by atoms with Gasteiger partial charge in [-0.05, 0) is 42.3 Å². The number of anilines is 1. The minimum absolute atomic E-state index is 0.146. The number of fused-ring (bicyclic) bond motifs is 1. The minimum Gasteiger partial charge on any atom is -0.325 e. The molecular weight excluding hydrogens is 368 g/mol. The number of H-pyrrole nitrogens is 2. The average molecular weight is 390 g/mol. The summed E-state index contributed by atoms with van der Waals surface area (Å²) in [5, 5.41) is 10.4.